The van der Waals surface area contributed by atoms with Crippen molar-refractivity contribution in [2.24, 2.45) is 5.92 Å². The number of hydrogen-bond donors (Lipinski definition) is 1. The number of nitrogens with zero attached hydrogens (tertiary/aromatic N) is 1. The van der Waals surface area contributed by atoms with Crippen molar-refractivity contribution in [3.8, 4) is 0 Å². The molecule has 1 fully saturated rings. The Hall–Kier alpha value is -1.70. The first-order valence-electron chi connectivity index (χ1n) is 8.81. The maximum Gasteiger partial charge on any atom is 0.252 e. The van der Waals surface area contributed by atoms with E-state index in [2.05, 4.69) is 5.32 Å². The van der Waals surface area contributed by atoms with E-state index in [4.69, 9.17) is 0 Å². The number of carbonyl (C=O) groups excluding carboxylic acids is 1. The second kappa shape index (κ2) is 8.33. The van der Waals surface area contributed by atoms with Crippen LogP contribution in [-0.4, -0.2) is 31.7 Å². The number of amides is 1. The number of carbonyl (C=O) groups is 1. The molecule has 1 amide bonds. The number of aryl methyl sites for hydroxylation is 1. The fraction of sp³-hybridized carbons (Fsp3) is 0.421. The SMILES string of the molecule is Cc1ccc(CNC(=O)CC2CCN(S(=O)(=O)c3cccs3)CC2)cc1. The summed E-state index contributed by atoms with van der Waals surface area (Å²) in [4.78, 5) is 12.2. The Bertz CT molecular complexity index is 822. The van der Waals surface area contributed by atoms with Crippen LogP contribution in [0.15, 0.2) is 46.0 Å². The quantitative estimate of drug-likeness (QED) is 0.821. The van der Waals surface area contributed by atoms with Crippen LogP contribution < -0.4 is 5.32 Å². The predicted molar refractivity (Wildman–Crippen MR) is 103 cm³/mol. The molecule has 1 aromatic heterocycles. The van der Waals surface area contributed by atoms with Gasteiger partial charge in [-0.2, -0.15) is 4.31 Å². The molecule has 0 bridgehead atoms. The van der Waals surface area contributed by atoms with E-state index >= 15 is 0 Å². The molecular formula is C19H24N2O3S2. The molecule has 1 aliphatic heterocycles. The van der Waals surface area contributed by atoms with Crippen LogP contribution in [0.1, 0.15) is 30.4 Å². The van der Waals surface area contributed by atoms with Crippen LogP contribution >= 0.6 is 11.3 Å². The summed E-state index contributed by atoms with van der Waals surface area (Å²) >= 11 is 1.25. The summed E-state index contributed by atoms with van der Waals surface area (Å²) in [6.07, 6.45) is 1.91. The summed E-state index contributed by atoms with van der Waals surface area (Å²) < 4.78 is 27.0. The van der Waals surface area contributed by atoms with Crippen LogP contribution in [-0.2, 0) is 21.4 Å². The van der Waals surface area contributed by atoms with E-state index in [1.165, 1.54) is 16.9 Å². The van der Waals surface area contributed by atoms with E-state index in [1.54, 1.807) is 21.8 Å². The third kappa shape index (κ3) is 4.72. The van der Waals surface area contributed by atoms with Crippen molar-refractivity contribution >= 4 is 27.3 Å². The second-order valence-corrected chi connectivity index (χ2v) is 9.86. The highest BCUT2D eigenvalue weighted by molar-refractivity contribution is 7.91. The monoisotopic (exact) mass is 392 g/mol. The lowest BCUT2D eigenvalue weighted by Gasteiger charge is -2.30. The van der Waals surface area contributed by atoms with Crippen LogP contribution in [0.2, 0.25) is 0 Å². The molecule has 1 aliphatic rings. The standard InChI is InChI=1S/C19H24N2O3S2/c1-15-4-6-17(7-5-15)14-20-18(22)13-16-8-10-21(11-9-16)26(23,24)19-3-2-12-25-19/h2-7,12,16H,8-11,13-14H2,1H3,(H,20,22). The minimum Gasteiger partial charge on any atom is -0.352 e. The molecule has 3 rings (SSSR count). The Morgan fingerprint density at radius 3 is 2.50 bits per heavy atom. The minimum atomic E-state index is -3.37. The Balaban J connectivity index is 1.45. The number of hydrogen-bond acceptors (Lipinski definition) is 4. The summed E-state index contributed by atoms with van der Waals surface area (Å²) in [5.41, 5.74) is 2.28. The highest BCUT2D eigenvalue weighted by Gasteiger charge is 2.30. The Morgan fingerprint density at radius 2 is 1.88 bits per heavy atom. The van der Waals surface area contributed by atoms with Gasteiger partial charge in [-0.3, -0.25) is 4.79 Å². The van der Waals surface area contributed by atoms with Crippen LogP contribution in [0.5, 0.6) is 0 Å². The molecule has 140 valence electrons. The molecule has 1 aromatic carbocycles. The number of rotatable bonds is 6. The molecule has 0 aliphatic carbocycles. The lowest BCUT2D eigenvalue weighted by Crippen LogP contribution is -2.39. The van der Waals surface area contributed by atoms with Crippen molar-refractivity contribution in [1.82, 2.24) is 9.62 Å². The lowest BCUT2D eigenvalue weighted by atomic mass is 9.94. The number of benzene rings is 1. The van der Waals surface area contributed by atoms with Gasteiger partial charge < -0.3 is 5.32 Å². The molecule has 0 radical (unpaired) electrons. The van der Waals surface area contributed by atoms with Crippen LogP contribution in [0, 0.1) is 12.8 Å². The Morgan fingerprint density at radius 1 is 1.19 bits per heavy atom. The average Bonchev–Trinajstić information content (AvgIpc) is 3.17. The molecule has 26 heavy (non-hydrogen) atoms. The van der Waals surface area contributed by atoms with E-state index in [-0.39, 0.29) is 11.8 Å². The zero-order valence-electron chi connectivity index (χ0n) is 14.8. The largest absolute Gasteiger partial charge is 0.352 e. The van der Waals surface area contributed by atoms with Crippen molar-refractivity contribution < 1.29 is 13.2 Å². The molecule has 2 aromatic rings. The normalized spacial score (nSPS) is 16.5. The summed E-state index contributed by atoms with van der Waals surface area (Å²) in [6.45, 7) is 3.53. The van der Waals surface area contributed by atoms with Crippen molar-refractivity contribution in [2.75, 3.05) is 13.1 Å². The molecule has 7 heteroatoms. The first kappa shape index (κ1) is 19.1. The van der Waals surface area contributed by atoms with Gasteiger partial charge in [0.2, 0.25) is 5.91 Å². The highest BCUT2D eigenvalue weighted by atomic mass is 32.2. The molecule has 2 heterocycles. The van der Waals surface area contributed by atoms with E-state index in [0.29, 0.717) is 30.3 Å². The lowest BCUT2D eigenvalue weighted by molar-refractivity contribution is -0.122. The Kier molecular flexibility index (Phi) is 6.11. The van der Waals surface area contributed by atoms with E-state index in [9.17, 15) is 13.2 Å². The first-order valence-corrected chi connectivity index (χ1v) is 11.1. The van der Waals surface area contributed by atoms with Gasteiger partial charge in [0.15, 0.2) is 0 Å². The van der Waals surface area contributed by atoms with Crippen molar-refractivity contribution in [2.45, 2.75) is 36.9 Å². The van der Waals surface area contributed by atoms with Crippen molar-refractivity contribution in [3.05, 3.63) is 52.9 Å². The van der Waals surface area contributed by atoms with Gasteiger partial charge >= 0.3 is 0 Å². The fourth-order valence-electron chi connectivity index (χ4n) is 3.13. The van der Waals surface area contributed by atoms with Gasteiger partial charge in [0.1, 0.15) is 4.21 Å². The van der Waals surface area contributed by atoms with Crippen LogP contribution in [0.3, 0.4) is 0 Å². The maximum atomic E-state index is 12.5. The highest BCUT2D eigenvalue weighted by Crippen LogP contribution is 2.27. The first-order chi connectivity index (χ1) is 12.4. The summed E-state index contributed by atoms with van der Waals surface area (Å²) in [7, 11) is -3.37. The summed E-state index contributed by atoms with van der Waals surface area (Å²) in [5.74, 6) is 0.271. The number of nitrogens with one attached hydrogen (secondary N) is 1. The third-order valence-corrected chi connectivity index (χ3v) is 8.02. The zero-order valence-corrected chi connectivity index (χ0v) is 16.5. The molecule has 0 unspecified atom stereocenters. The molecule has 0 spiro atoms. The third-order valence-electron chi connectivity index (χ3n) is 4.75. The number of sulfonamides is 1. The van der Waals surface area contributed by atoms with Gasteiger partial charge in [0.05, 0.1) is 0 Å². The van der Waals surface area contributed by atoms with Crippen molar-refractivity contribution in [3.63, 3.8) is 0 Å². The molecule has 1 N–H and O–H groups in total. The van der Waals surface area contributed by atoms with E-state index < -0.39 is 10.0 Å². The average molecular weight is 393 g/mol. The van der Waals surface area contributed by atoms with Crippen LogP contribution in [0.4, 0.5) is 0 Å². The van der Waals surface area contributed by atoms with E-state index in [1.807, 2.05) is 31.2 Å². The topological polar surface area (TPSA) is 66.5 Å². The van der Waals surface area contributed by atoms with E-state index in [0.717, 1.165) is 18.4 Å². The van der Waals surface area contributed by atoms with Crippen LogP contribution in [0.25, 0.3) is 0 Å². The predicted octanol–water partition coefficient (Wildman–Crippen LogP) is 3.16. The molecule has 0 saturated carbocycles. The number of thiophene rings is 1. The van der Waals surface area contributed by atoms with Gasteiger partial charge in [0, 0.05) is 26.1 Å². The second-order valence-electron chi connectivity index (χ2n) is 6.75. The summed E-state index contributed by atoms with van der Waals surface area (Å²) in [6, 6.07) is 11.5. The van der Waals surface area contributed by atoms with Gasteiger partial charge in [0.25, 0.3) is 10.0 Å². The molecule has 0 atom stereocenters. The molecular weight excluding hydrogens is 368 g/mol. The number of piperidine rings is 1. The maximum absolute atomic E-state index is 12.5. The van der Waals surface area contributed by atoms with Gasteiger partial charge in [-0.1, -0.05) is 35.9 Å². The Labute approximate surface area is 159 Å². The fourth-order valence-corrected chi connectivity index (χ4v) is 5.75. The zero-order chi connectivity index (χ0) is 18.6. The van der Waals surface area contributed by atoms with Gasteiger partial charge in [-0.15, -0.1) is 11.3 Å². The van der Waals surface area contributed by atoms with Crippen molar-refractivity contribution in [1.29, 1.82) is 0 Å². The van der Waals surface area contributed by atoms with Gasteiger partial charge in [-0.05, 0) is 42.7 Å². The molecule has 5 nitrogen and oxygen atoms in total. The van der Waals surface area contributed by atoms with Gasteiger partial charge in [-0.25, -0.2) is 8.42 Å². The smallest absolute Gasteiger partial charge is 0.252 e. The molecule has 1 saturated heterocycles. The summed E-state index contributed by atoms with van der Waals surface area (Å²) in [5, 5.41) is 4.74. The minimum absolute atomic E-state index is 0.0325.